The summed E-state index contributed by atoms with van der Waals surface area (Å²) in [7, 11) is 0. The average Bonchev–Trinajstić information content (AvgIpc) is 2.00. The van der Waals surface area contributed by atoms with Gasteiger partial charge in [-0.2, -0.15) is 0 Å². The predicted octanol–water partition coefficient (Wildman–Crippen LogP) is 1.56. The minimum atomic E-state index is -1.01. The summed E-state index contributed by atoms with van der Waals surface area (Å²) in [6, 6.07) is 3.07. The highest BCUT2D eigenvalue weighted by Gasteiger charge is 2.10. The molecule has 0 saturated carbocycles. The maximum absolute atomic E-state index is 10.6. The fraction of sp³-hybridized carbons (Fsp3) is 0.125. The maximum atomic E-state index is 10.6. The van der Waals surface area contributed by atoms with E-state index in [1.54, 1.807) is 13.0 Å². The largest absolute Gasteiger partial charge is 0.478 e. The van der Waals surface area contributed by atoms with Crippen LogP contribution in [0.5, 0.6) is 0 Å². The molecule has 0 amide bonds. The van der Waals surface area contributed by atoms with E-state index in [4.69, 9.17) is 10.8 Å². The standard InChI is InChI=1S/C8H9NO2S/c1-4-6(12)3-2-5(7(4)9)8(10)11/h2-3,12H,9H2,1H3,(H,10,11). The van der Waals surface area contributed by atoms with Crippen LogP contribution in [0.25, 0.3) is 0 Å². The topological polar surface area (TPSA) is 63.3 Å². The van der Waals surface area contributed by atoms with Crippen LogP contribution in [0.4, 0.5) is 5.69 Å². The number of carboxylic acids is 1. The molecule has 0 aliphatic carbocycles. The van der Waals surface area contributed by atoms with Crippen molar-refractivity contribution in [3.8, 4) is 0 Å². The second-order valence-electron chi connectivity index (χ2n) is 2.48. The highest BCUT2D eigenvalue weighted by Crippen LogP contribution is 2.23. The molecule has 0 aromatic heterocycles. The Morgan fingerprint density at radius 1 is 1.58 bits per heavy atom. The van der Waals surface area contributed by atoms with Crippen LogP contribution < -0.4 is 5.73 Å². The summed E-state index contributed by atoms with van der Waals surface area (Å²) in [6.45, 7) is 1.74. The van der Waals surface area contributed by atoms with Crippen molar-refractivity contribution in [3.05, 3.63) is 23.3 Å². The lowest BCUT2D eigenvalue weighted by Gasteiger charge is -2.05. The van der Waals surface area contributed by atoms with Crippen LogP contribution in [0.15, 0.2) is 17.0 Å². The molecule has 1 aromatic rings. The summed E-state index contributed by atoms with van der Waals surface area (Å²) in [4.78, 5) is 11.3. The third-order valence-corrected chi connectivity index (χ3v) is 2.20. The maximum Gasteiger partial charge on any atom is 0.337 e. The molecule has 4 heteroatoms. The van der Waals surface area contributed by atoms with E-state index >= 15 is 0 Å². The molecule has 0 saturated heterocycles. The smallest absolute Gasteiger partial charge is 0.337 e. The number of aromatic carboxylic acids is 1. The van der Waals surface area contributed by atoms with E-state index in [-0.39, 0.29) is 11.3 Å². The van der Waals surface area contributed by atoms with Gasteiger partial charge in [-0.1, -0.05) is 0 Å². The third-order valence-electron chi connectivity index (χ3n) is 1.72. The monoisotopic (exact) mass is 183 g/mol. The molecular weight excluding hydrogens is 174 g/mol. The fourth-order valence-corrected chi connectivity index (χ4v) is 1.10. The molecular formula is C8H9NO2S. The molecule has 0 bridgehead atoms. The number of hydrogen-bond acceptors (Lipinski definition) is 3. The predicted molar refractivity (Wildman–Crippen MR) is 49.8 cm³/mol. The van der Waals surface area contributed by atoms with Crippen LogP contribution in [-0.4, -0.2) is 11.1 Å². The zero-order valence-electron chi connectivity index (χ0n) is 6.53. The van der Waals surface area contributed by atoms with Crippen molar-refractivity contribution < 1.29 is 9.90 Å². The molecule has 1 rings (SSSR count). The van der Waals surface area contributed by atoms with Crippen molar-refractivity contribution in [2.45, 2.75) is 11.8 Å². The summed E-state index contributed by atoms with van der Waals surface area (Å²) in [5.41, 5.74) is 6.68. The quantitative estimate of drug-likeness (QED) is 0.457. The Kier molecular flexibility index (Phi) is 2.28. The molecule has 1 aromatic carbocycles. The molecule has 3 nitrogen and oxygen atoms in total. The van der Waals surface area contributed by atoms with Gasteiger partial charge in [0.2, 0.25) is 0 Å². The molecule has 0 unspecified atom stereocenters. The van der Waals surface area contributed by atoms with E-state index < -0.39 is 5.97 Å². The third kappa shape index (κ3) is 1.38. The van der Waals surface area contributed by atoms with Gasteiger partial charge in [0.05, 0.1) is 11.3 Å². The summed E-state index contributed by atoms with van der Waals surface area (Å²) < 4.78 is 0. The molecule has 64 valence electrons. The molecule has 0 spiro atoms. The number of hydrogen-bond donors (Lipinski definition) is 3. The lowest BCUT2D eigenvalue weighted by atomic mass is 10.1. The molecule has 3 N–H and O–H groups in total. The van der Waals surface area contributed by atoms with Gasteiger partial charge < -0.3 is 10.8 Å². The van der Waals surface area contributed by atoms with Crippen LogP contribution in [0.1, 0.15) is 15.9 Å². The van der Waals surface area contributed by atoms with Gasteiger partial charge in [-0.3, -0.25) is 0 Å². The first-order valence-electron chi connectivity index (χ1n) is 3.35. The Balaban J connectivity index is 3.36. The van der Waals surface area contributed by atoms with Crippen LogP contribution in [-0.2, 0) is 0 Å². The first-order chi connectivity index (χ1) is 5.54. The first kappa shape index (κ1) is 8.93. The Labute approximate surface area is 75.6 Å². The van der Waals surface area contributed by atoms with E-state index in [1.165, 1.54) is 6.07 Å². The molecule has 0 aliphatic rings. The summed E-state index contributed by atoms with van der Waals surface area (Å²) >= 11 is 4.11. The lowest BCUT2D eigenvalue weighted by Crippen LogP contribution is -2.04. The number of anilines is 1. The van der Waals surface area contributed by atoms with Crippen LogP contribution in [0, 0.1) is 6.92 Å². The van der Waals surface area contributed by atoms with E-state index in [0.29, 0.717) is 10.5 Å². The van der Waals surface area contributed by atoms with E-state index in [9.17, 15) is 4.79 Å². The van der Waals surface area contributed by atoms with Gasteiger partial charge in [0, 0.05) is 4.90 Å². The Bertz CT molecular complexity index is 336. The number of rotatable bonds is 1. The molecule has 0 heterocycles. The highest BCUT2D eigenvalue weighted by molar-refractivity contribution is 7.80. The van der Waals surface area contributed by atoms with Gasteiger partial charge in [-0.05, 0) is 24.6 Å². The molecule has 12 heavy (non-hydrogen) atoms. The number of nitrogen functional groups attached to an aromatic ring is 1. The highest BCUT2D eigenvalue weighted by atomic mass is 32.1. The van der Waals surface area contributed by atoms with Gasteiger partial charge in [0.25, 0.3) is 0 Å². The van der Waals surface area contributed by atoms with E-state index in [2.05, 4.69) is 12.6 Å². The number of benzene rings is 1. The van der Waals surface area contributed by atoms with E-state index in [0.717, 1.165) is 0 Å². The normalized spacial score (nSPS) is 9.83. The van der Waals surface area contributed by atoms with Crippen LogP contribution >= 0.6 is 12.6 Å². The van der Waals surface area contributed by atoms with E-state index in [1.807, 2.05) is 0 Å². The lowest BCUT2D eigenvalue weighted by molar-refractivity contribution is 0.0698. The van der Waals surface area contributed by atoms with Crippen molar-refractivity contribution in [1.82, 2.24) is 0 Å². The Morgan fingerprint density at radius 3 is 2.67 bits per heavy atom. The SMILES string of the molecule is Cc1c(S)ccc(C(=O)O)c1N. The number of nitrogens with two attached hydrogens (primary N) is 1. The second-order valence-corrected chi connectivity index (χ2v) is 2.96. The zero-order valence-corrected chi connectivity index (χ0v) is 7.43. The van der Waals surface area contributed by atoms with Crippen molar-refractivity contribution in [2.75, 3.05) is 5.73 Å². The van der Waals surface area contributed by atoms with Crippen molar-refractivity contribution in [3.63, 3.8) is 0 Å². The van der Waals surface area contributed by atoms with Crippen LogP contribution in [0.2, 0.25) is 0 Å². The minimum Gasteiger partial charge on any atom is -0.478 e. The Hall–Kier alpha value is -1.16. The van der Waals surface area contributed by atoms with Crippen molar-refractivity contribution in [1.29, 1.82) is 0 Å². The average molecular weight is 183 g/mol. The first-order valence-corrected chi connectivity index (χ1v) is 3.80. The summed E-state index contributed by atoms with van der Waals surface area (Å²) in [5.74, 6) is -1.01. The van der Waals surface area contributed by atoms with Crippen molar-refractivity contribution >= 4 is 24.3 Å². The summed E-state index contributed by atoms with van der Waals surface area (Å²) in [5, 5.41) is 8.68. The van der Waals surface area contributed by atoms with Gasteiger partial charge >= 0.3 is 5.97 Å². The van der Waals surface area contributed by atoms with Gasteiger partial charge in [0.1, 0.15) is 0 Å². The van der Waals surface area contributed by atoms with Gasteiger partial charge in [0.15, 0.2) is 0 Å². The minimum absolute atomic E-state index is 0.130. The Morgan fingerprint density at radius 2 is 2.17 bits per heavy atom. The molecule has 0 aliphatic heterocycles. The molecule has 0 fully saturated rings. The fourth-order valence-electron chi connectivity index (χ4n) is 0.904. The number of thiol groups is 1. The van der Waals surface area contributed by atoms with Crippen molar-refractivity contribution in [2.24, 2.45) is 0 Å². The van der Waals surface area contributed by atoms with Gasteiger partial charge in [-0.15, -0.1) is 12.6 Å². The second kappa shape index (κ2) is 3.06. The number of carbonyl (C=O) groups is 1. The van der Waals surface area contributed by atoms with Gasteiger partial charge in [-0.25, -0.2) is 4.79 Å². The zero-order chi connectivity index (χ0) is 9.30. The number of carboxylic acid groups (broad SMARTS) is 1. The van der Waals surface area contributed by atoms with Crippen LogP contribution in [0.3, 0.4) is 0 Å². The molecule has 0 radical (unpaired) electrons. The summed E-state index contributed by atoms with van der Waals surface area (Å²) in [6.07, 6.45) is 0. The molecule has 0 atom stereocenters.